The van der Waals surface area contributed by atoms with Crippen molar-refractivity contribution in [1.82, 2.24) is 4.90 Å². The molecule has 0 fully saturated rings. The van der Waals surface area contributed by atoms with Crippen LogP contribution in [0.1, 0.15) is 26.3 Å². The highest BCUT2D eigenvalue weighted by molar-refractivity contribution is 5.97. The molecule has 0 unspecified atom stereocenters. The first-order valence-electron chi connectivity index (χ1n) is 7.52. The van der Waals surface area contributed by atoms with Crippen LogP contribution in [-0.4, -0.2) is 17.4 Å². The van der Waals surface area contributed by atoms with E-state index in [0.717, 1.165) is 17.8 Å². The Kier molecular flexibility index (Phi) is 3.58. The SMILES string of the molecule is CC(C)C1=C2C=C(OCc3ccccc3)C(=O)N2C[C@H]1C. The molecule has 1 amide bonds. The Balaban J connectivity index is 1.80. The Morgan fingerprint density at radius 1 is 1.29 bits per heavy atom. The van der Waals surface area contributed by atoms with Crippen molar-refractivity contribution in [2.45, 2.75) is 27.4 Å². The highest BCUT2D eigenvalue weighted by Crippen LogP contribution is 2.38. The Labute approximate surface area is 125 Å². The van der Waals surface area contributed by atoms with Gasteiger partial charge in [-0.1, -0.05) is 51.1 Å². The van der Waals surface area contributed by atoms with Crippen LogP contribution < -0.4 is 0 Å². The van der Waals surface area contributed by atoms with Gasteiger partial charge in [-0.2, -0.15) is 0 Å². The van der Waals surface area contributed by atoms with Gasteiger partial charge in [0.15, 0.2) is 5.76 Å². The van der Waals surface area contributed by atoms with E-state index in [1.807, 2.05) is 41.3 Å². The summed E-state index contributed by atoms with van der Waals surface area (Å²) in [5, 5.41) is 0. The van der Waals surface area contributed by atoms with Gasteiger partial charge < -0.3 is 9.64 Å². The van der Waals surface area contributed by atoms with Gasteiger partial charge in [0.1, 0.15) is 6.61 Å². The maximum atomic E-state index is 12.4. The van der Waals surface area contributed by atoms with Crippen molar-refractivity contribution in [3.63, 3.8) is 0 Å². The molecular formula is C18H21NO2. The predicted molar refractivity (Wildman–Crippen MR) is 82.1 cm³/mol. The van der Waals surface area contributed by atoms with E-state index in [1.54, 1.807) is 0 Å². The number of benzene rings is 1. The van der Waals surface area contributed by atoms with Gasteiger partial charge in [0, 0.05) is 18.3 Å². The fraction of sp³-hybridized carbons (Fsp3) is 0.389. The van der Waals surface area contributed by atoms with E-state index in [-0.39, 0.29) is 5.91 Å². The fourth-order valence-electron chi connectivity index (χ4n) is 3.25. The smallest absolute Gasteiger partial charge is 0.293 e. The average Bonchev–Trinajstić information content (AvgIpc) is 2.94. The Morgan fingerprint density at radius 2 is 2.00 bits per heavy atom. The van der Waals surface area contributed by atoms with E-state index in [1.165, 1.54) is 5.57 Å². The summed E-state index contributed by atoms with van der Waals surface area (Å²) in [7, 11) is 0. The van der Waals surface area contributed by atoms with Crippen LogP contribution in [0.15, 0.2) is 53.4 Å². The summed E-state index contributed by atoms with van der Waals surface area (Å²) in [6.45, 7) is 7.77. The number of carbonyl (C=O) groups is 1. The zero-order chi connectivity index (χ0) is 15.0. The van der Waals surface area contributed by atoms with Crippen molar-refractivity contribution in [3.05, 3.63) is 59.0 Å². The van der Waals surface area contributed by atoms with Crippen molar-refractivity contribution in [1.29, 1.82) is 0 Å². The molecule has 2 heterocycles. The third-order valence-electron chi connectivity index (χ3n) is 4.16. The molecule has 0 aromatic heterocycles. The fourth-order valence-corrected chi connectivity index (χ4v) is 3.25. The van der Waals surface area contributed by atoms with Gasteiger partial charge in [-0.15, -0.1) is 0 Å². The van der Waals surface area contributed by atoms with Gasteiger partial charge in [0.25, 0.3) is 5.91 Å². The zero-order valence-corrected chi connectivity index (χ0v) is 12.8. The summed E-state index contributed by atoms with van der Waals surface area (Å²) in [5.74, 6) is 1.37. The Morgan fingerprint density at radius 3 is 2.67 bits per heavy atom. The van der Waals surface area contributed by atoms with Crippen molar-refractivity contribution in [3.8, 4) is 0 Å². The molecule has 0 N–H and O–H groups in total. The van der Waals surface area contributed by atoms with Gasteiger partial charge in [-0.25, -0.2) is 0 Å². The summed E-state index contributed by atoms with van der Waals surface area (Å²) < 4.78 is 5.74. The van der Waals surface area contributed by atoms with Crippen LogP contribution in [0.3, 0.4) is 0 Å². The van der Waals surface area contributed by atoms with E-state index in [0.29, 0.717) is 24.2 Å². The summed E-state index contributed by atoms with van der Waals surface area (Å²) in [5.41, 5.74) is 3.50. The molecule has 1 aromatic rings. The third kappa shape index (κ3) is 2.48. The van der Waals surface area contributed by atoms with Gasteiger partial charge in [-0.3, -0.25) is 4.79 Å². The molecule has 0 saturated heterocycles. The van der Waals surface area contributed by atoms with Crippen LogP contribution in [0, 0.1) is 11.8 Å². The van der Waals surface area contributed by atoms with E-state index in [9.17, 15) is 4.79 Å². The van der Waals surface area contributed by atoms with Gasteiger partial charge in [0.2, 0.25) is 0 Å². The van der Waals surface area contributed by atoms with Crippen molar-refractivity contribution in [2.75, 3.05) is 6.54 Å². The normalized spacial score (nSPS) is 21.1. The number of fused-ring (bicyclic) bond motifs is 1. The molecule has 2 aliphatic rings. The maximum Gasteiger partial charge on any atom is 0.293 e. The monoisotopic (exact) mass is 283 g/mol. The molecule has 0 aliphatic carbocycles. The molecule has 1 aromatic carbocycles. The minimum atomic E-state index is 0.00318. The van der Waals surface area contributed by atoms with E-state index in [4.69, 9.17) is 4.74 Å². The van der Waals surface area contributed by atoms with Crippen LogP contribution in [0.5, 0.6) is 0 Å². The molecule has 110 valence electrons. The van der Waals surface area contributed by atoms with Crippen molar-refractivity contribution in [2.24, 2.45) is 11.8 Å². The maximum absolute atomic E-state index is 12.4. The molecule has 21 heavy (non-hydrogen) atoms. The lowest BCUT2D eigenvalue weighted by Gasteiger charge is -2.14. The van der Waals surface area contributed by atoms with Gasteiger partial charge in [-0.05, 0) is 23.0 Å². The number of nitrogens with zero attached hydrogens (tertiary/aromatic N) is 1. The second kappa shape index (κ2) is 5.40. The zero-order valence-electron chi connectivity index (χ0n) is 12.8. The molecule has 0 spiro atoms. The Hall–Kier alpha value is -2.03. The van der Waals surface area contributed by atoms with Gasteiger partial charge >= 0.3 is 0 Å². The molecule has 3 rings (SSSR count). The number of ether oxygens (including phenoxy) is 1. The first kappa shape index (κ1) is 13.9. The van der Waals surface area contributed by atoms with Crippen LogP contribution in [-0.2, 0) is 16.1 Å². The molecule has 1 atom stereocenters. The Bertz CT molecular complexity index is 613. The predicted octanol–water partition coefficient (Wildman–Crippen LogP) is 3.49. The first-order valence-corrected chi connectivity index (χ1v) is 7.52. The highest BCUT2D eigenvalue weighted by atomic mass is 16.5. The average molecular weight is 283 g/mol. The van der Waals surface area contributed by atoms with Crippen molar-refractivity contribution < 1.29 is 9.53 Å². The second-order valence-corrected chi connectivity index (χ2v) is 6.09. The topological polar surface area (TPSA) is 29.5 Å². The van der Waals surface area contributed by atoms with Crippen LogP contribution >= 0.6 is 0 Å². The highest BCUT2D eigenvalue weighted by Gasteiger charge is 2.39. The lowest BCUT2D eigenvalue weighted by molar-refractivity contribution is -0.127. The second-order valence-electron chi connectivity index (χ2n) is 6.09. The lowest BCUT2D eigenvalue weighted by Crippen LogP contribution is -2.25. The van der Waals surface area contributed by atoms with E-state index in [2.05, 4.69) is 20.8 Å². The minimum absolute atomic E-state index is 0.00318. The molecule has 0 bridgehead atoms. The summed E-state index contributed by atoms with van der Waals surface area (Å²) in [4.78, 5) is 14.3. The number of carbonyl (C=O) groups excluding carboxylic acids is 1. The number of rotatable bonds is 4. The summed E-state index contributed by atoms with van der Waals surface area (Å²) in [6.07, 6.45) is 1.92. The molecule has 2 aliphatic heterocycles. The van der Waals surface area contributed by atoms with E-state index >= 15 is 0 Å². The van der Waals surface area contributed by atoms with Crippen LogP contribution in [0.25, 0.3) is 0 Å². The third-order valence-corrected chi connectivity index (χ3v) is 4.16. The number of hydrogen-bond acceptors (Lipinski definition) is 2. The molecule has 3 nitrogen and oxygen atoms in total. The standard InChI is InChI=1S/C18H21NO2/c1-12(2)17-13(3)10-19-15(17)9-16(18(19)20)21-11-14-7-5-4-6-8-14/h4-9,12-13H,10-11H2,1-3H3/t13-/m1/s1. The van der Waals surface area contributed by atoms with Crippen molar-refractivity contribution >= 4 is 5.91 Å². The largest absolute Gasteiger partial charge is 0.483 e. The quantitative estimate of drug-likeness (QED) is 0.846. The summed E-state index contributed by atoms with van der Waals surface area (Å²) in [6, 6.07) is 9.93. The molecule has 0 saturated carbocycles. The lowest BCUT2D eigenvalue weighted by atomic mass is 9.92. The molecule has 3 heteroatoms. The first-order chi connectivity index (χ1) is 10.1. The minimum Gasteiger partial charge on any atom is -0.483 e. The number of amides is 1. The van der Waals surface area contributed by atoms with Crippen LogP contribution in [0.2, 0.25) is 0 Å². The molecular weight excluding hydrogens is 262 g/mol. The number of allylic oxidation sites excluding steroid dienone is 1. The van der Waals surface area contributed by atoms with Gasteiger partial charge in [0.05, 0.1) is 0 Å². The van der Waals surface area contributed by atoms with E-state index < -0.39 is 0 Å². The number of hydrogen-bond donors (Lipinski definition) is 0. The summed E-state index contributed by atoms with van der Waals surface area (Å²) >= 11 is 0. The molecule has 0 radical (unpaired) electrons. The van der Waals surface area contributed by atoms with Crippen LogP contribution in [0.4, 0.5) is 0 Å².